The highest BCUT2D eigenvalue weighted by atomic mass is 79.9. The van der Waals surface area contributed by atoms with Gasteiger partial charge in [0.1, 0.15) is 0 Å². The smallest absolute Gasteiger partial charge is 0.409 e. The first-order valence-corrected chi connectivity index (χ1v) is 11.5. The van der Waals surface area contributed by atoms with Crippen molar-refractivity contribution in [2.24, 2.45) is 23.2 Å². The van der Waals surface area contributed by atoms with Gasteiger partial charge in [-0.2, -0.15) is 0 Å². The van der Waals surface area contributed by atoms with Crippen LogP contribution in [0.3, 0.4) is 0 Å². The lowest BCUT2D eigenvalue weighted by atomic mass is 9.49. The molecule has 0 aromatic rings. The number of nitrogens with zero attached hydrogens (tertiary/aromatic N) is 2. The van der Waals surface area contributed by atoms with Crippen molar-refractivity contribution in [3.63, 3.8) is 0 Å². The van der Waals surface area contributed by atoms with Crippen molar-refractivity contribution in [2.45, 2.75) is 63.1 Å². The average molecular weight is 441 g/mol. The van der Waals surface area contributed by atoms with E-state index in [1.54, 1.807) is 4.90 Å². The van der Waals surface area contributed by atoms with Crippen LogP contribution in [-0.2, 0) is 9.53 Å². The molecule has 1 heterocycles. The highest BCUT2D eigenvalue weighted by Gasteiger charge is 2.60. The molecule has 0 aromatic heterocycles. The predicted octanol–water partition coefficient (Wildman–Crippen LogP) is 4.05. The summed E-state index contributed by atoms with van der Waals surface area (Å²) in [5.41, 5.74) is -0.152. The number of hydrogen-bond acceptors (Lipinski definition) is 3. The number of halogens is 1. The molecule has 0 radical (unpaired) electrons. The second-order valence-corrected chi connectivity index (χ2v) is 11.7. The molecule has 5 aliphatic rings. The number of carbonyl (C=O) groups is 2. The molecule has 2 amide bonds. The molecule has 0 N–H and O–H groups in total. The van der Waals surface area contributed by atoms with Crippen molar-refractivity contribution < 1.29 is 14.3 Å². The van der Waals surface area contributed by atoms with Crippen LogP contribution >= 0.6 is 15.9 Å². The van der Waals surface area contributed by atoms with Gasteiger partial charge in [0.05, 0.1) is 12.0 Å². The van der Waals surface area contributed by atoms with Crippen LogP contribution in [0.15, 0.2) is 0 Å². The van der Waals surface area contributed by atoms with Gasteiger partial charge < -0.3 is 14.5 Å². The van der Waals surface area contributed by atoms with Crippen LogP contribution in [0.1, 0.15) is 58.8 Å². The summed E-state index contributed by atoms with van der Waals surface area (Å²) in [6.07, 6.45) is 7.57. The zero-order valence-electron chi connectivity index (χ0n) is 16.7. The Hall–Kier alpha value is -0.780. The first-order valence-electron chi connectivity index (χ1n) is 10.7. The van der Waals surface area contributed by atoms with Crippen molar-refractivity contribution in [2.75, 3.05) is 32.8 Å². The van der Waals surface area contributed by atoms with E-state index < -0.39 is 0 Å². The van der Waals surface area contributed by atoms with Gasteiger partial charge >= 0.3 is 6.09 Å². The Balaban J connectivity index is 1.39. The molecule has 5 rings (SSSR count). The van der Waals surface area contributed by atoms with E-state index in [0.29, 0.717) is 49.9 Å². The minimum Gasteiger partial charge on any atom is -0.449 e. The van der Waals surface area contributed by atoms with Crippen molar-refractivity contribution in [3.05, 3.63) is 0 Å². The molecule has 2 atom stereocenters. The monoisotopic (exact) mass is 440 g/mol. The number of carbonyl (C=O) groups excluding carboxylic acids is 2. The van der Waals surface area contributed by atoms with Crippen LogP contribution in [0.5, 0.6) is 0 Å². The quantitative estimate of drug-likeness (QED) is 0.621. The lowest BCUT2D eigenvalue weighted by molar-refractivity contribution is -0.155. The first kappa shape index (κ1) is 19.5. The lowest BCUT2D eigenvalue weighted by Crippen LogP contribution is -2.59. The minimum atomic E-state index is -0.229. The highest BCUT2D eigenvalue weighted by Crippen LogP contribution is 2.64. The summed E-state index contributed by atoms with van der Waals surface area (Å²) in [5.74, 6) is 2.12. The maximum absolute atomic E-state index is 13.6. The molecule has 27 heavy (non-hydrogen) atoms. The number of alkyl halides is 1. The molecule has 0 aromatic carbocycles. The normalized spacial score (nSPS) is 38.2. The Labute approximate surface area is 171 Å². The van der Waals surface area contributed by atoms with Crippen LogP contribution < -0.4 is 0 Å². The van der Waals surface area contributed by atoms with Crippen molar-refractivity contribution >= 4 is 27.9 Å². The zero-order chi connectivity index (χ0) is 19.2. The Morgan fingerprint density at radius 3 is 2.30 bits per heavy atom. The highest BCUT2D eigenvalue weighted by molar-refractivity contribution is 9.10. The van der Waals surface area contributed by atoms with Gasteiger partial charge in [0.2, 0.25) is 5.91 Å². The fourth-order valence-corrected chi connectivity index (χ4v) is 7.82. The summed E-state index contributed by atoms with van der Waals surface area (Å²) in [4.78, 5) is 29.7. The minimum absolute atomic E-state index is 0.152. The molecule has 1 saturated heterocycles. The third kappa shape index (κ3) is 3.88. The Morgan fingerprint density at radius 1 is 1.04 bits per heavy atom. The summed E-state index contributed by atoms with van der Waals surface area (Å²) >= 11 is 4.02. The van der Waals surface area contributed by atoms with Crippen LogP contribution in [0.25, 0.3) is 0 Å². The van der Waals surface area contributed by atoms with E-state index in [0.717, 1.165) is 32.2 Å². The van der Waals surface area contributed by atoms with E-state index >= 15 is 0 Å². The van der Waals surface area contributed by atoms with E-state index in [1.165, 1.54) is 19.3 Å². The second-order valence-electron chi connectivity index (χ2n) is 10.00. The van der Waals surface area contributed by atoms with E-state index in [-0.39, 0.29) is 15.8 Å². The molecule has 1 aliphatic heterocycles. The van der Waals surface area contributed by atoms with Gasteiger partial charge in [-0.3, -0.25) is 4.79 Å². The van der Waals surface area contributed by atoms with Gasteiger partial charge in [0, 0.05) is 30.5 Å². The second kappa shape index (κ2) is 7.23. The van der Waals surface area contributed by atoms with Crippen molar-refractivity contribution in [3.8, 4) is 0 Å². The van der Waals surface area contributed by atoms with Crippen LogP contribution in [0.4, 0.5) is 4.79 Å². The van der Waals surface area contributed by atoms with E-state index in [1.807, 2.05) is 13.8 Å². The molecule has 0 spiro atoms. The largest absolute Gasteiger partial charge is 0.449 e. The first-order chi connectivity index (χ1) is 12.8. The summed E-state index contributed by atoms with van der Waals surface area (Å²) in [6.45, 7) is 7.21. The molecule has 4 bridgehead atoms. The van der Waals surface area contributed by atoms with E-state index in [9.17, 15) is 9.59 Å². The maximum Gasteiger partial charge on any atom is 0.409 e. The Kier molecular flexibility index (Phi) is 5.23. The van der Waals surface area contributed by atoms with Crippen LogP contribution in [0.2, 0.25) is 0 Å². The molecule has 4 saturated carbocycles. The fraction of sp³-hybridized carbons (Fsp3) is 0.905. The van der Waals surface area contributed by atoms with Gasteiger partial charge in [0.25, 0.3) is 0 Å². The molecule has 152 valence electrons. The maximum atomic E-state index is 13.6. The van der Waals surface area contributed by atoms with Gasteiger partial charge in [-0.15, -0.1) is 0 Å². The average Bonchev–Trinajstić information content (AvgIpc) is 2.83. The number of ether oxygens (including phenoxy) is 1. The van der Waals surface area contributed by atoms with E-state index in [4.69, 9.17) is 4.74 Å². The molecule has 4 aliphatic carbocycles. The summed E-state index contributed by atoms with van der Waals surface area (Å²) in [5, 5.41) is 0. The van der Waals surface area contributed by atoms with Gasteiger partial charge in [0.15, 0.2) is 0 Å². The lowest BCUT2D eigenvalue weighted by Gasteiger charge is -2.60. The van der Waals surface area contributed by atoms with Crippen molar-refractivity contribution in [1.82, 2.24) is 9.80 Å². The zero-order valence-corrected chi connectivity index (χ0v) is 18.3. The van der Waals surface area contributed by atoms with Crippen molar-refractivity contribution in [1.29, 1.82) is 0 Å². The third-order valence-corrected chi connectivity index (χ3v) is 7.95. The van der Waals surface area contributed by atoms with E-state index in [2.05, 4.69) is 20.8 Å². The predicted molar refractivity (Wildman–Crippen MR) is 108 cm³/mol. The van der Waals surface area contributed by atoms with Crippen LogP contribution in [-0.4, -0.2) is 58.9 Å². The number of hydrogen-bond donors (Lipinski definition) is 0. The molecule has 6 heteroatoms. The molecule has 5 nitrogen and oxygen atoms in total. The SMILES string of the molecule is CC(C)COC(=O)N1CCCN(C(=O)C23CC4CC(CC(Br)(C4)C2)C3)CC1. The van der Waals surface area contributed by atoms with Gasteiger partial charge in [-0.25, -0.2) is 4.79 Å². The standard InChI is InChI=1S/C21H33BrN2O3/c1-15(2)13-27-19(26)24-5-3-4-23(6-7-24)18(25)20-9-16-8-17(10-20)12-21(22,11-16)14-20/h15-17H,3-14H2,1-2H3. The third-order valence-electron chi connectivity index (χ3n) is 7.02. The number of amides is 2. The Bertz CT molecular complexity index is 594. The summed E-state index contributed by atoms with van der Waals surface area (Å²) in [7, 11) is 0. The fourth-order valence-electron chi connectivity index (χ4n) is 6.37. The van der Waals surface area contributed by atoms with Gasteiger partial charge in [-0.05, 0) is 62.7 Å². The molecular weight excluding hydrogens is 408 g/mol. The Morgan fingerprint density at radius 2 is 1.67 bits per heavy atom. The molecular formula is C21H33BrN2O3. The van der Waals surface area contributed by atoms with Crippen LogP contribution in [0, 0.1) is 23.2 Å². The topological polar surface area (TPSA) is 49.9 Å². The summed E-state index contributed by atoms with van der Waals surface area (Å²) < 4.78 is 5.58. The number of rotatable bonds is 3. The summed E-state index contributed by atoms with van der Waals surface area (Å²) in [6, 6.07) is 0. The molecule has 5 fully saturated rings. The van der Waals surface area contributed by atoms with Gasteiger partial charge in [-0.1, -0.05) is 29.8 Å². The molecule has 2 unspecified atom stereocenters.